The van der Waals surface area contributed by atoms with E-state index >= 15 is 0 Å². The Kier molecular flexibility index (Phi) is 6.82. The monoisotopic (exact) mass is 450 g/mol. The molecule has 12 nitrogen and oxygen atoms in total. The number of nitrogen functional groups attached to an aromatic ring is 1. The Morgan fingerprint density at radius 1 is 1.34 bits per heavy atom. The first kappa shape index (κ1) is 23.3. The predicted octanol–water partition coefficient (Wildman–Crippen LogP) is 1.65. The van der Waals surface area contributed by atoms with Gasteiger partial charge in [0.2, 0.25) is 0 Å². The average Bonchev–Trinajstić information content (AvgIpc) is 3.27. The third kappa shape index (κ3) is 5.25. The van der Waals surface area contributed by atoms with Crippen molar-refractivity contribution >= 4 is 29.4 Å². The average molecular weight is 450 g/mol. The molecule has 0 spiro atoms. The number of rotatable bonds is 8. The maximum absolute atomic E-state index is 12.2. The molecule has 2 aromatic heterocycles. The van der Waals surface area contributed by atoms with Crippen molar-refractivity contribution in [2.75, 3.05) is 12.3 Å². The molecule has 0 saturated carbocycles. The van der Waals surface area contributed by atoms with Gasteiger partial charge in [0, 0.05) is 6.42 Å². The van der Waals surface area contributed by atoms with Gasteiger partial charge in [0.05, 0.1) is 24.6 Å². The molecule has 3 N–H and O–H groups in total. The Balaban J connectivity index is 1.80. The van der Waals surface area contributed by atoms with Crippen molar-refractivity contribution in [2.45, 2.75) is 63.9 Å². The van der Waals surface area contributed by atoms with Crippen LogP contribution in [0.4, 0.5) is 10.6 Å². The summed E-state index contributed by atoms with van der Waals surface area (Å²) in [7, 11) is 0. The van der Waals surface area contributed by atoms with E-state index in [1.54, 1.807) is 37.4 Å². The molecule has 3 rings (SSSR count). The highest BCUT2D eigenvalue weighted by Crippen LogP contribution is 2.41. The van der Waals surface area contributed by atoms with Gasteiger partial charge >= 0.3 is 18.1 Å². The molecule has 0 bridgehead atoms. The van der Waals surface area contributed by atoms with E-state index in [0.717, 1.165) is 0 Å². The fourth-order valence-corrected chi connectivity index (χ4v) is 3.56. The Morgan fingerprint density at radius 3 is 2.78 bits per heavy atom. The second-order valence-electron chi connectivity index (χ2n) is 7.90. The molecule has 3 heterocycles. The molecule has 0 aromatic carbocycles. The van der Waals surface area contributed by atoms with Gasteiger partial charge in [-0.15, -0.1) is 0 Å². The molecule has 1 aliphatic rings. The molecule has 0 aliphatic carbocycles. The number of aromatic nitrogens is 3. The second kappa shape index (κ2) is 9.39. The Hall–Kier alpha value is -3.41. The minimum absolute atomic E-state index is 0.217. The van der Waals surface area contributed by atoms with E-state index in [-0.39, 0.29) is 32.0 Å². The number of esters is 1. The van der Waals surface area contributed by atoms with Crippen LogP contribution in [0.25, 0.3) is 5.52 Å². The maximum Gasteiger partial charge on any atom is 0.508 e. The lowest BCUT2D eigenvalue weighted by molar-refractivity contribution is -0.156. The van der Waals surface area contributed by atoms with Crippen molar-refractivity contribution < 1.29 is 38.4 Å². The molecular formula is C20H26N4O8. The van der Waals surface area contributed by atoms with Crippen LogP contribution in [0.15, 0.2) is 18.5 Å². The van der Waals surface area contributed by atoms with Crippen LogP contribution in [0.5, 0.6) is 0 Å². The Bertz CT molecular complexity index is 1010. The fraction of sp³-hybridized carbons (Fsp3) is 0.550. The van der Waals surface area contributed by atoms with Crippen LogP contribution in [0.1, 0.15) is 45.7 Å². The number of carbonyl (C=O) groups excluding carboxylic acids is 2. The summed E-state index contributed by atoms with van der Waals surface area (Å²) >= 11 is 0. The van der Waals surface area contributed by atoms with Gasteiger partial charge in [-0.3, -0.25) is 9.59 Å². The standard InChI is InChI=1S/C20H26N4O8/c1-11(2)30-19(28)29-9-14-13(31-17(27)7-6-16(25)26)8-20(3,32-14)15-5-4-12-18(21)22-10-23-24(12)15/h4-5,10-11,13-14H,6-9H2,1-3H3,(H,25,26)(H2,21,22,23)/t13-,14+,20+/m0/s1. The molecule has 3 atom stereocenters. The highest BCUT2D eigenvalue weighted by Gasteiger charge is 2.48. The summed E-state index contributed by atoms with van der Waals surface area (Å²) in [4.78, 5) is 38.7. The molecule has 0 radical (unpaired) electrons. The van der Waals surface area contributed by atoms with Crippen molar-refractivity contribution in [2.24, 2.45) is 0 Å². The van der Waals surface area contributed by atoms with Gasteiger partial charge < -0.3 is 29.8 Å². The SMILES string of the molecule is CC(C)OC(=O)OC[C@H]1O[C@@](C)(c2ccc3c(N)ncnn23)C[C@@H]1OC(=O)CCC(=O)O. The summed E-state index contributed by atoms with van der Waals surface area (Å²) in [5.74, 6) is -1.50. The van der Waals surface area contributed by atoms with Crippen molar-refractivity contribution in [3.05, 3.63) is 24.2 Å². The minimum Gasteiger partial charge on any atom is -0.481 e. The normalized spacial score (nSPS) is 22.8. The summed E-state index contributed by atoms with van der Waals surface area (Å²) in [6.07, 6.45) is -1.95. The number of ether oxygens (including phenoxy) is 4. The second-order valence-corrected chi connectivity index (χ2v) is 7.90. The molecule has 1 aliphatic heterocycles. The van der Waals surface area contributed by atoms with Crippen LogP contribution in [-0.2, 0) is 34.1 Å². The van der Waals surface area contributed by atoms with Crippen molar-refractivity contribution in [1.29, 1.82) is 0 Å². The van der Waals surface area contributed by atoms with Gasteiger partial charge in [-0.25, -0.2) is 14.3 Å². The molecule has 0 unspecified atom stereocenters. The van der Waals surface area contributed by atoms with Gasteiger partial charge in [-0.05, 0) is 32.9 Å². The zero-order chi connectivity index (χ0) is 23.5. The summed E-state index contributed by atoms with van der Waals surface area (Å²) in [6, 6.07) is 3.52. The van der Waals surface area contributed by atoms with E-state index in [9.17, 15) is 14.4 Å². The zero-order valence-corrected chi connectivity index (χ0v) is 18.0. The van der Waals surface area contributed by atoms with Crippen LogP contribution >= 0.6 is 0 Å². The molecule has 174 valence electrons. The molecule has 1 saturated heterocycles. The number of anilines is 1. The van der Waals surface area contributed by atoms with Crippen LogP contribution in [-0.4, -0.2) is 62.7 Å². The molecule has 0 amide bonds. The summed E-state index contributed by atoms with van der Waals surface area (Å²) in [6.45, 7) is 4.93. The summed E-state index contributed by atoms with van der Waals surface area (Å²) in [5.41, 5.74) is 6.16. The number of aliphatic carboxylic acids is 1. The number of fused-ring (bicyclic) bond motifs is 1. The number of nitrogens with zero attached hydrogens (tertiary/aromatic N) is 3. The number of carboxylic acid groups (broad SMARTS) is 1. The van der Waals surface area contributed by atoms with Crippen molar-refractivity contribution in [3.63, 3.8) is 0 Å². The molecule has 2 aromatic rings. The van der Waals surface area contributed by atoms with E-state index in [1.165, 1.54) is 6.33 Å². The van der Waals surface area contributed by atoms with Crippen molar-refractivity contribution in [1.82, 2.24) is 14.6 Å². The summed E-state index contributed by atoms with van der Waals surface area (Å²) < 4.78 is 23.4. The van der Waals surface area contributed by atoms with E-state index in [4.69, 9.17) is 29.8 Å². The van der Waals surface area contributed by atoms with Gasteiger partial charge in [-0.1, -0.05) is 0 Å². The smallest absolute Gasteiger partial charge is 0.481 e. The van der Waals surface area contributed by atoms with E-state index in [1.807, 2.05) is 0 Å². The summed E-state index contributed by atoms with van der Waals surface area (Å²) in [5, 5.41) is 13.0. The largest absolute Gasteiger partial charge is 0.508 e. The maximum atomic E-state index is 12.2. The molecule has 1 fully saturated rings. The van der Waals surface area contributed by atoms with E-state index < -0.39 is 35.9 Å². The van der Waals surface area contributed by atoms with Gasteiger partial charge in [0.25, 0.3) is 0 Å². The number of hydrogen-bond acceptors (Lipinski definition) is 10. The fourth-order valence-electron chi connectivity index (χ4n) is 3.56. The van der Waals surface area contributed by atoms with Crippen LogP contribution in [0.3, 0.4) is 0 Å². The first-order valence-electron chi connectivity index (χ1n) is 10.1. The molecule has 12 heteroatoms. The third-order valence-corrected chi connectivity index (χ3v) is 4.96. The number of carboxylic acids is 1. The Labute approximate surface area is 183 Å². The number of carbonyl (C=O) groups is 3. The van der Waals surface area contributed by atoms with Crippen LogP contribution in [0.2, 0.25) is 0 Å². The van der Waals surface area contributed by atoms with E-state index in [2.05, 4.69) is 10.1 Å². The highest BCUT2D eigenvalue weighted by atomic mass is 16.7. The number of nitrogens with two attached hydrogens (primary N) is 1. The lowest BCUT2D eigenvalue weighted by atomic mass is 9.96. The van der Waals surface area contributed by atoms with E-state index in [0.29, 0.717) is 17.0 Å². The minimum atomic E-state index is -1.11. The van der Waals surface area contributed by atoms with Gasteiger partial charge in [0.15, 0.2) is 5.82 Å². The first-order valence-corrected chi connectivity index (χ1v) is 10.1. The first-order chi connectivity index (χ1) is 15.1. The van der Waals surface area contributed by atoms with Crippen molar-refractivity contribution in [3.8, 4) is 0 Å². The zero-order valence-electron chi connectivity index (χ0n) is 18.0. The Morgan fingerprint density at radius 2 is 2.09 bits per heavy atom. The lowest BCUT2D eigenvalue weighted by Gasteiger charge is -2.24. The topological polar surface area (TPSA) is 165 Å². The lowest BCUT2D eigenvalue weighted by Crippen LogP contribution is -2.32. The van der Waals surface area contributed by atoms with Gasteiger partial charge in [-0.2, -0.15) is 5.10 Å². The highest BCUT2D eigenvalue weighted by molar-refractivity contribution is 5.76. The molecule has 32 heavy (non-hydrogen) atoms. The molecular weight excluding hydrogens is 424 g/mol. The number of hydrogen-bond donors (Lipinski definition) is 2. The van der Waals surface area contributed by atoms with Gasteiger partial charge in [0.1, 0.15) is 36.3 Å². The third-order valence-electron chi connectivity index (χ3n) is 4.96. The van der Waals surface area contributed by atoms with Crippen LogP contribution in [0, 0.1) is 0 Å². The quantitative estimate of drug-likeness (QED) is 0.562. The van der Waals surface area contributed by atoms with Crippen LogP contribution < -0.4 is 5.73 Å². The predicted molar refractivity (Wildman–Crippen MR) is 109 cm³/mol.